The first-order valence-corrected chi connectivity index (χ1v) is 6.79. The Labute approximate surface area is 132 Å². The summed E-state index contributed by atoms with van der Waals surface area (Å²) in [6, 6.07) is 3.97. The van der Waals surface area contributed by atoms with E-state index in [-0.39, 0.29) is 17.8 Å². The van der Waals surface area contributed by atoms with Gasteiger partial charge in [-0.15, -0.1) is 0 Å². The number of carbonyl (C=O) groups is 2. The first-order chi connectivity index (χ1) is 10.7. The van der Waals surface area contributed by atoms with Crippen molar-refractivity contribution in [1.29, 1.82) is 0 Å². The normalized spacial score (nSPS) is 17.7. The van der Waals surface area contributed by atoms with Gasteiger partial charge in [0, 0.05) is 6.42 Å². The quantitative estimate of drug-likeness (QED) is 0.288. The van der Waals surface area contributed by atoms with E-state index < -0.39 is 36.1 Å². The van der Waals surface area contributed by atoms with Crippen molar-refractivity contribution in [3.63, 3.8) is 0 Å². The number of benzene rings is 1. The molecule has 0 aromatic heterocycles. The number of phenolic OH excluding ortho intramolecular Hbond substituents is 1. The molecule has 1 aromatic rings. The molecule has 0 saturated heterocycles. The van der Waals surface area contributed by atoms with Crippen LogP contribution in [0.3, 0.4) is 0 Å². The number of aliphatic hydroxyl groups excluding tert-OH is 3. The second-order valence-electron chi connectivity index (χ2n) is 5.23. The van der Waals surface area contributed by atoms with Gasteiger partial charge in [0.05, 0.1) is 13.2 Å². The molecular formula is C15H20O8. The number of aliphatic hydroxyl groups is 4. The van der Waals surface area contributed by atoms with Crippen molar-refractivity contribution in [1.82, 2.24) is 0 Å². The maximum absolute atomic E-state index is 12.2. The Kier molecular flexibility index (Phi) is 6.22. The molecule has 0 radical (unpaired) electrons. The van der Waals surface area contributed by atoms with E-state index in [4.69, 9.17) is 4.74 Å². The smallest absolute Gasteiger partial charge is 0.207 e. The van der Waals surface area contributed by atoms with Crippen molar-refractivity contribution in [3.05, 3.63) is 23.8 Å². The Bertz CT molecular complexity index is 571. The minimum Gasteiger partial charge on any atom is -0.504 e. The Morgan fingerprint density at radius 1 is 1.35 bits per heavy atom. The van der Waals surface area contributed by atoms with Crippen molar-refractivity contribution in [2.24, 2.45) is 0 Å². The molecule has 8 heteroatoms. The molecule has 0 fully saturated rings. The maximum atomic E-state index is 12.2. The summed E-state index contributed by atoms with van der Waals surface area (Å²) >= 11 is 0. The number of aromatic hydroxyl groups is 1. The molecule has 4 unspecified atom stereocenters. The predicted molar refractivity (Wildman–Crippen MR) is 78.1 cm³/mol. The highest BCUT2D eigenvalue weighted by Gasteiger charge is 2.47. The van der Waals surface area contributed by atoms with E-state index in [2.05, 4.69) is 0 Å². The summed E-state index contributed by atoms with van der Waals surface area (Å²) in [4.78, 5) is 23.3. The fraction of sp³-hybridized carbons (Fsp3) is 0.467. The topological polar surface area (TPSA) is 145 Å². The number of rotatable bonds is 8. The van der Waals surface area contributed by atoms with E-state index in [9.17, 15) is 35.1 Å². The molecule has 5 N–H and O–H groups in total. The summed E-state index contributed by atoms with van der Waals surface area (Å²) in [5.41, 5.74) is -2.56. The molecule has 0 heterocycles. The van der Waals surface area contributed by atoms with Gasteiger partial charge < -0.3 is 30.3 Å². The van der Waals surface area contributed by atoms with Crippen LogP contribution in [0.25, 0.3) is 0 Å². The molecule has 23 heavy (non-hydrogen) atoms. The third-order valence-corrected chi connectivity index (χ3v) is 3.50. The van der Waals surface area contributed by atoms with Gasteiger partial charge >= 0.3 is 0 Å². The number of hydrogen-bond acceptors (Lipinski definition) is 8. The van der Waals surface area contributed by atoms with Crippen molar-refractivity contribution < 1.29 is 39.9 Å². The summed E-state index contributed by atoms with van der Waals surface area (Å²) in [6.07, 6.45) is -6.17. The van der Waals surface area contributed by atoms with Gasteiger partial charge in [-0.3, -0.25) is 9.59 Å². The Balaban J connectivity index is 3.03. The molecule has 0 aliphatic rings. The highest BCUT2D eigenvalue weighted by atomic mass is 16.5. The summed E-state index contributed by atoms with van der Waals surface area (Å²) in [6.45, 7) is 1.13. The lowest BCUT2D eigenvalue weighted by atomic mass is 9.85. The maximum Gasteiger partial charge on any atom is 0.207 e. The van der Waals surface area contributed by atoms with Crippen molar-refractivity contribution in [3.8, 4) is 11.5 Å². The molecule has 4 atom stereocenters. The van der Waals surface area contributed by atoms with Gasteiger partial charge in [-0.05, 0) is 24.6 Å². The molecule has 8 nitrogen and oxygen atoms in total. The van der Waals surface area contributed by atoms with Crippen LogP contribution >= 0.6 is 0 Å². The number of methoxy groups -OCH3 is 1. The average molecular weight is 328 g/mol. The molecule has 0 aliphatic heterocycles. The van der Waals surface area contributed by atoms with Gasteiger partial charge in [0.25, 0.3) is 0 Å². The number of hydrogen-bond donors (Lipinski definition) is 5. The molecule has 0 spiro atoms. The van der Waals surface area contributed by atoms with Crippen LogP contribution < -0.4 is 4.74 Å². The fourth-order valence-corrected chi connectivity index (χ4v) is 1.98. The van der Waals surface area contributed by atoms with E-state index in [1.807, 2.05) is 0 Å². The zero-order chi connectivity index (χ0) is 17.8. The van der Waals surface area contributed by atoms with Gasteiger partial charge in [-0.25, -0.2) is 0 Å². The van der Waals surface area contributed by atoms with Crippen LogP contribution in [0.15, 0.2) is 18.2 Å². The van der Waals surface area contributed by atoms with Crippen molar-refractivity contribution in [2.75, 3.05) is 7.11 Å². The lowest BCUT2D eigenvalue weighted by Gasteiger charge is -2.30. The van der Waals surface area contributed by atoms with Crippen molar-refractivity contribution in [2.45, 2.75) is 37.3 Å². The van der Waals surface area contributed by atoms with Crippen LogP contribution in [0.1, 0.15) is 12.5 Å². The summed E-state index contributed by atoms with van der Waals surface area (Å²) < 4.78 is 4.88. The van der Waals surface area contributed by atoms with Gasteiger partial charge in [-0.1, -0.05) is 6.07 Å². The standard InChI is InChI=1S/C15H20O8/c1-8(17)13(20)14(21)15(22,7-16)12(19)6-9-3-4-10(18)11(5-9)23-2/h3-5,7-8,13-14,17-18,20-22H,6H2,1-2H3. The Morgan fingerprint density at radius 3 is 2.43 bits per heavy atom. The largest absolute Gasteiger partial charge is 0.504 e. The van der Waals surface area contributed by atoms with Crippen LogP contribution in [0.5, 0.6) is 11.5 Å². The van der Waals surface area contributed by atoms with Crippen LogP contribution in [0.2, 0.25) is 0 Å². The van der Waals surface area contributed by atoms with Crippen LogP contribution in [0, 0.1) is 0 Å². The van der Waals surface area contributed by atoms with Gasteiger partial charge in [0.2, 0.25) is 5.60 Å². The predicted octanol–water partition coefficient (Wildman–Crippen LogP) is -1.46. The fourth-order valence-electron chi connectivity index (χ4n) is 1.98. The van der Waals surface area contributed by atoms with Crippen LogP contribution in [-0.4, -0.2) is 68.6 Å². The van der Waals surface area contributed by atoms with Crippen LogP contribution in [0.4, 0.5) is 0 Å². The number of carbonyl (C=O) groups excluding carboxylic acids is 2. The highest BCUT2D eigenvalue weighted by molar-refractivity contribution is 6.03. The second kappa shape index (κ2) is 7.51. The summed E-state index contributed by atoms with van der Waals surface area (Å²) in [5.74, 6) is -1.14. The lowest BCUT2D eigenvalue weighted by molar-refractivity contribution is -0.171. The monoisotopic (exact) mass is 328 g/mol. The van der Waals surface area contributed by atoms with Gasteiger partial charge in [-0.2, -0.15) is 0 Å². The Hall–Kier alpha value is -2.00. The SMILES string of the molecule is COc1cc(CC(=O)C(O)(C=O)C(O)C(O)C(C)O)ccc1O. The lowest BCUT2D eigenvalue weighted by Crippen LogP contribution is -2.58. The minimum atomic E-state index is -2.87. The first-order valence-electron chi connectivity index (χ1n) is 6.79. The zero-order valence-corrected chi connectivity index (χ0v) is 12.7. The summed E-state index contributed by atoms with van der Waals surface area (Å²) in [5, 5.41) is 48.2. The molecule has 1 aromatic carbocycles. The molecule has 128 valence electrons. The first kappa shape index (κ1) is 19.0. The van der Waals surface area contributed by atoms with E-state index in [1.54, 1.807) is 0 Å². The van der Waals surface area contributed by atoms with Gasteiger partial charge in [0.15, 0.2) is 23.6 Å². The number of Topliss-reactive ketones (excluding diaryl/α,β-unsaturated/α-hetero) is 1. The number of aldehydes is 1. The molecule has 0 aliphatic carbocycles. The van der Waals surface area contributed by atoms with E-state index in [0.29, 0.717) is 5.56 Å². The number of ether oxygens (including phenoxy) is 1. The molecule has 0 saturated carbocycles. The zero-order valence-electron chi connectivity index (χ0n) is 12.7. The number of ketones is 1. The molecule has 0 amide bonds. The van der Waals surface area contributed by atoms with Crippen molar-refractivity contribution >= 4 is 12.1 Å². The summed E-state index contributed by atoms with van der Waals surface area (Å²) in [7, 11) is 1.31. The molecule has 0 bridgehead atoms. The average Bonchev–Trinajstić information content (AvgIpc) is 2.53. The minimum absolute atomic E-state index is 0.0921. The third kappa shape index (κ3) is 4.05. The highest BCUT2D eigenvalue weighted by Crippen LogP contribution is 2.27. The van der Waals surface area contributed by atoms with Crippen LogP contribution in [-0.2, 0) is 16.0 Å². The van der Waals surface area contributed by atoms with E-state index in [0.717, 1.165) is 6.92 Å². The number of phenols is 1. The second-order valence-corrected chi connectivity index (χ2v) is 5.23. The Morgan fingerprint density at radius 2 is 1.96 bits per heavy atom. The molecule has 1 rings (SSSR count). The van der Waals surface area contributed by atoms with Gasteiger partial charge in [0.1, 0.15) is 12.2 Å². The molecular weight excluding hydrogens is 308 g/mol. The van der Waals surface area contributed by atoms with E-state index >= 15 is 0 Å². The van der Waals surface area contributed by atoms with E-state index in [1.165, 1.54) is 25.3 Å². The third-order valence-electron chi connectivity index (χ3n) is 3.50.